The largest absolute Gasteiger partial charge is 0.352 e. The first-order valence-electron chi connectivity index (χ1n) is 4.65. The molecule has 1 rings (SSSR count). The maximum absolute atomic E-state index is 10.8. The molecule has 2 atom stereocenters. The van der Waals surface area contributed by atoms with E-state index >= 15 is 0 Å². The highest BCUT2D eigenvalue weighted by Gasteiger charge is 2.24. The van der Waals surface area contributed by atoms with Gasteiger partial charge in [0.2, 0.25) is 5.91 Å². The van der Waals surface area contributed by atoms with Gasteiger partial charge in [0.1, 0.15) is 5.38 Å². The van der Waals surface area contributed by atoms with Crippen molar-refractivity contribution in [3.05, 3.63) is 0 Å². The van der Waals surface area contributed by atoms with Gasteiger partial charge in [-0.15, -0.1) is 11.6 Å². The predicted molar refractivity (Wildman–Crippen MR) is 53.9 cm³/mol. The summed E-state index contributed by atoms with van der Waals surface area (Å²) in [6.45, 7) is 3.79. The fourth-order valence-electron chi connectivity index (χ4n) is 1.67. The Labute approximate surface area is 88.8 Å². The molecule has 4 nitrogen and oxygen atoms in total. The Balaban J connectivity index is 2.27. The summed E-state index contributed by atoms with van der Waals surface area (Å²) in [5.74, 6) is -0.000410. The average molecular weight is 216 g/mol. The second kappa shape index (κ2) is 5.18. The molecular weight excluding hydrogens is 202 g/mol. The SMILES string of the molecule is CC(=O)NC1CCN(CC(Cl)C#N)C1. The maximum atomic E-state index is 10.8. The van der Waals surface area contributed by atoms with E-state index in [9.17, 15) is 4.79 Å². The van der Waals surface area contributed by atoms with Gasteiger partial charge in [0.05, 0.1) is 6.07 Å². The second-order valence-electron chi connectivity index (χ2n) is 3.54. The Bertz CT molecular complexity index is 251. The van der Waals surface area contributed by atoms with Crippen molar-refractivity contribution in [2.24, 2.45) is 0 Å². The summed E-state index contributed by atoms with van der Waals surface area (Å²) in [4.78, 5) is 12.9. The Morgan fingerprint density at radius 1 is 1.86 bits per heavy atom. The fraction of sp³-hybridized carbons (Fsp3) is 0.778. The van der Waals surface area contributed by atoms with Gasteiger partial charge in [-0.25, -0.2) is 0 Å². The Kier molecular flexibility index (Phi) is 4.18. The number of hydrogen-bond acceptors (Lipinski definition) is 3. The normalized spacial score (nSPS) is 24.2. The summed E-state index contributed by atoms with van der Waals surface area (Å²) in [6, 6.07) is 2.20. The summed E-state index contributed by atoms with van der Waals surface area (Å²) in [5.41, 5.74) is 0. The van der Waals surface area contributed by atoms with Crippen molar-refractivity contribution in [1.82, 2.24) is 10.2 Å². The summed E-state index contributed by atoms with van der Waals surface area (Å²) in [5, 5.41) is 10.9. The van der Waals surface area contributed by atoms with Gasteiger partial charge >= 0.3 is 0 Å². The van der Waals surface area contributed by atoms with E-state index in [2.05, 4.69) is 10.2 Å². The third-order valence-corrected chi connectivity index (χ3v) is 2.47. The van der Waals surface area contributed by atoms with Crippen molar-refractivity contribution in [3.8, 4) is 6.07 Å². The van der Waals surface area contributed by atoms with Crippen LogP contribution in [-0.2, 0) is 4.79 Å². The van der Waals surface area contributed by atoms with E-state index in [1.165, 1.54) is 6.92 Å². The molecule has 0 aromatic carbocycles. The third-order valence-electron chi connectivity index (χ3n) is 2.24. The van der Waals surface area contributed by atoms with E-state index in [1.54, 1.807) is 0 Å². The highest BCUT2D eigenvalue weighted by Crippen LogP contribution is 2.10. The van der Waals surface area contributed by atoms with E-state index in [4.69, 9.17) is 16.9 Å². The first kappa shape index (κ1) is 11.3. The summed E-state index contributed by atoms with van der Waals surface area (Å²) < 4.78 is 0. The van der Waals surface area contributed by atoms with Crippen molar-refractivity contribution in [1.29, 1.82) is 5.26 Å². The standard InChI is InChI=1S/C9H14ClN3O/c1-7(14)12-9-2-3-13(6-9)5-8(10)4-11/h8-9H,2-3,5-6H2,1H3,(H,12,14). The minimum Gasteiger partial charge on any atom is -0.352 e. The van der Waals surface area contributed by atoms with Gasteiger partial charge in [0.15, 0.2) is 0 Å². The average Bonchev–Trinajstić information content (AvgIpc) is 2.51. The topological polar surface area (TPSA) is 56.1 Å². The van der Waals surface area contributed by atoms with Crippen LogP contribution in [0.2, 0.25) is 0 Å². The van der Waals surface area contributed by atoms with Gasteiger partial charge in [-0.3, -0.25) is 9.69 Å². The van der Waals surface area contributed by atoms with Crippen molar-refractivity contribution in [2.45, 2.75) is 24.8 Å². The molecule has 0 bridgehead atoms. The van der Waals surface area contributed by atoms with Crippen LogP contribution < -0.4 is 5.32 Å². The van der Waals surface area contributed by atoms with Crippen molar-refractivity contribution < 1.29 is 4.79 Å². The van der Waals surface area contributed by atoms with Crippen LogP contribution in [-0.4, -0.2) is 41.9 Å². The predicted octanol–water partition coefficient (Wildman–Crippen LogP) is 0.328. The van der Waals surface area contributed by atoms with Crippen LogP contribution in [0, 0.1) is 11.3 Å². The van der Waals surface area contributed by atoms with Crippen LogP contribution in [0.5, 0.6) is 0 Å². The molecule has 14 heavy (non-hydrogen) atoms. The Morgan fingerprint density at radius 3 is 3.14 bits per heavy atom. The van der Waals surface area contributed by atoms with Gasteiger partial charge in [-0.2, -0.15) is 5.26 Å². The van der Waals surface area contributed by atoms with E-state index in [0.29, 0.717) is 6.54 Å². The molecule has 0 spiro atoms. The minimum absolute atomic E-state index is 0.000410. The number of nitriles is 1. The minimum atomic E-state index is -0.453. The number of alkyl halides is 1. The first-order chi connectivity index (χ1) is 6.61. The Hall–Kier alpha value is -0.790. The van der Waals surface area contributed by atoms with Gasteiger partial charge in [0, 0.05) is 32.6 Å². The first-order valence-corrected chi connectivity index (χ1v) is 5.08. The molecule has 1 amide bonds. The fourth-order valence-corrected chi connectivity index (χ4v) is 1.87. The molecule has 0 saturated carbocycles. The molecule has 5 heteroatoms. The molecule has 1 saturated heterocycles. The lowest BCUT2D eigenvalue weighted by Crippen LogP contribution is -2.36. The molecule has 1 aliphatic heterocycles. The highest BCUT2D eigenvalue weighted by atomic mass is 35.5. The lowest BCUT2D eigenvalue weighted by molar-refractivity contribution is -0.119. The highest BCUT2D eigenvalue weighted by molar-refractivity contribution is 6.22. The van der Waals surface area contributed by atoms with Crippen LogP contribution in [0.25, 0.3) is 0 Å². The van der Waals surface area contributed by atoms with Crippen molar-refractivity contribution in [2.75, 3.05) is 19.6 Å². The summed E-state index contributed by atoms with van der Waals surface area (Å²) >= 11 is 5.71. The number of nitrogens with one attached hydrogen (secondary N) is 1. The molecule has 0 aliphatic carbocycles. The number of likely N-dealkylation sites (tertiary alicyclic amines) is 1. The van der Waals surface area contributed by atoms with Crippen molar-refractivity contribution >= 4 is 17.5 Å². The lowest BCUT2D eigenvalue weighted by Gasteiger charge is -2.16. The monoisotopic (exact) mass is 215 g/mol. The number of carbonyl (C=O) groups is 1. The van der Waals surface area contributed by atoms with E-state index < -0.39 is 5.38 Å². The molecule has 2 unspecified atom stereocenters. The van der Waals surface area contributed by atoms with Crippen LogP contribution in [0.4, 0.5) is 0 Å². The molecule has 1 heterocycles. The van der Waals surface area contributed by atoms with E-state index in [0.717, 1.165) is 19.5 Å². The number of rotatable bonds is 3. The van der Waals surface area contributed by atoms with Gasteiger partial charge in [-0.05, 0) is 6.42 Å². The number of halogens is 1. The van der Waals surface area contributed by atoms with Crippen LogP contribution in [0.1, 0.15) is 13.3 Å². The number of hydrogen-bond donors (Lipinski definition) is 1. The second-order valence-corrected chi connectivity index (χ2v) is 4.07. The summed E-state index contributed by atoms with van der Waals surface area (Å²) in [6.07, 6.45) is 0.939. The maximum Gasteiger partial charge on any atom is 0.217 e. The lowest BCUT2D eigenvalue weighted by atomic mass is 10.2. The zero-order chi connectivity index (χ0) is 10.6. The van der Waals surface area contributed by atoms with Gasteiger partial charge < -0.3 is 5.32 Å². The van der Waals surface area contributed by atoms with Crippen LogP contribution >= 0.6 is 11.6 Å². The molecule has 1 fully saturated rings. The molecule has 0 radical (unpaired) electrons. The van der Waals surface area contributed by atoms with Gasteiger partial charge in [-0.1, -0.05) is 0 Å². The quantitative estimate of drug-likeness (QED) is 0.691. The van der Waals surface area contributed by atoms with Crippen LogP contribution in [0.15, 0.2) is 0 Å². The molecule has 78 valence electrons. The number of nitrogens with zero attached hydrogens (tertiary/aromatic N) is 2. The molecule has 1 aliphatic rings. The van der Waals surface area contributed by atoms with E-state index in [1.807, 2.05) is 6.07 Å². The molecule has 0 aromatic heterocycles. The molecular formula is C9H14ClN3O. The molecule has 0 aromatic rings. The van der Waals surface area contributed by atoms with Crippen LogP contribution in [0.3, 0.4) is 0 Å². The van der Waals surface area contributed by atoms with Crippen molar-refractivity contribution in [3.63, 3.8) is 0 Å². The number of carbonyl (C=O) groups excluding carboxylic acids is 1. The smallest absolute Gasteiger partial charge is 0.217 e. The third kappa shape index (κ3) is 3.52. The summed E-state index contributed by atoms with van der Waals surface area (Å²) in [7, 11) is 0. The zero-order valence-corrected chi connectivity index (χ0v) is 8.92. The number of amides is 1. The molecule has 1 N–H and O–H groups in total. The Morgan fingerprint density at radius 2 is 2.57 bits per heavy atom. The van der Waals surface area contributed by atoms with Gasteiger partial charge in [0.25, 0.3) is 0 Å². The van der Waals surface area contributed by atoms with E-state index in [-0.39, 0.29) is 11.9 Å². The zero-order valence-electron chi connectivity index (χ0n) is 8.16.